The first-order chi connectivity index (χ1) is 10.3. The first-order valence-electron chi connectivity index (χ1n) is 8.22. The van der Waals surface area contributed by atoms with Crippen LogP contribution in [0.15, 0.2) is 24.3 Å². The van der Waals surface area contributed by atoms with Crippen molar-refractivity contribution in [2.45, 2.75) is 44.4 Å². The minimum atomic E-state index is 0.109. The fraction of sp³-hybridized carbons (Fsp3) is 0.611. The van der Waals surface area contributed by atoms with E-state index in [1.54, 1.807) is 0 Å². The molecule has 2 aliphatic rings. The van der Waals surface area contributed by atoms with Gasteiger partial charge in [0.1, 0.15) is 0 Å². The van der Waals surface area contributed by atoms with Crippen molar-refractivity contribution in [2.75, 3.05) is 18.4 Å². The summed E-state index contributed by atoms with van der Waals surface area (Å²) in [6, 6.07) is 8.53. The van der Waals surface area contributed by atoms with Crippen molar-refractivity contribution in [2.24, 2.45) is 5.92 Å². The van der Waals surface area contributed by atoms with Gasteiger partial charge in [-0.2, -0.15) is 0 Å². The van der Waals surface area contributed by atoms with E-state index in [0.717, 1.165) is 44.1 Å². The van der Waals surface area contributed by atoms with Gasteiger partial charge in [-0.05, 0) is 55.6 Å². The first-order valence-corrected chi connectivity index (χ1v) is 9.34. The van der Waals surface area contributed by atoms with Crippen LogP contribution in [0.5, 0.6) is 0 Å². The average Bonchev–Trinajstić information content (AvgIpc) is 2.54. The minimum absolute atomic E-state index is 0.109. The molecular weight excluding hydrogens is 326 g/mol. The van der Waals surface area contributed by atoms with E-state index in [2.05, 4.69) is 45.1 Å². The van der Waals surface area contributed by atoms with Crippen LogP contribution < -0.4 is 0 Å². The molecular formula is C18H24BrNO. The molecule has 2 atom stereocenters. The van der Waals surface area contributed by atoms with Gasteiger partial charge < -0.3 is 4.90 Å². The van der Waals surface area contributed by atoms with E-state index in [1.807, 2.05) is 0 Å². The van der Waals surface area contributed by atoms with Crippen molar-refractivity contribution >= 4 is 21.8 Å². The third kappa shape index (κ3) is 3.33. The van der Waals surface area contributed by atoms with Crippen LogP contribution in [0.3, 0.4) is 0 Å². The monoisotopic (exact) mass is 349 g/mol. The second kappa shape index (κ2) is 6.95. The molecule has 1 aromatic carbocycles. The predicted molar refractivity (Wildman–Crippen MR) is 89.8 cm³/mol. The highest BCUT2D eigenvalue weighted by atomic mass is 79.9. The zero-order chi connectivity index (χ0) is 14.7. The van der Waals surface area contributed by atoms with Crippen molar-refractivity contribution in [1.29, 1.82) is 0 Å². The molecule has 1 aliphatic heterocycles. The molecule has 2 nitrogen and oxygen atoms in total. The molecule has 0 spiro atoms. The zero-order valence-electron chi connectivity index (χ0n) is 12.6. The Kier molecular flexibility index (Phi) is 4.99. The molecule has 0 saturated carbocycles. The van der Waals surface area contributed by atoms with Gasteiger partial charge in [0.25, 0.3) is 0 Å². The minimum Gasteiger partial charge on any atom is -0.342 e. The maximum absolute atomic E-state index is 13.0. The number of fused-ring (bicyclic) bond motifs is 1. The van der Waals surface area contributed by atoms with Crippen molar-refractivity contribution in [3.8, 4) is 0 Å². The maximum Gasteiger partial charge on any atom is 0.230 e. The van der Waals surface area contributed by atoms with Gasteiger partial charge in [0.2, 0.25) is 5.91 Å². The van der Waals surface area contributed by atoms with Crippen LogP contribution in [0.25, 0.3) is 0 Å². The molecule has 1 fully saturated rings. The number of alkyl halides is 1. The van der Waals surface area contributed by atoms with Gasteiger partial charge in [-0.25, -0.2) is 0 Å². The summed E-state index contributed by atoms with van der Waals surface area (Å²) >= 11 is 3.54. The number of aryl methyl sites for hydroxylation is 1. The molecule has 0 radical (unpaired) electrons. The van der Waals surface area contributed by atoms with Crippen LogP contribution >= 0.6 is 15.9 Å². The Bertz CT molecular complexity index is 500. The lowest BCUT2D eigenvalue weighted by atomic mass is 9.81. The summed E-state index contributed by atoms with van der Waals surface area (Å²) in [4.78, 5) is 15.1. The lowest BCUT2D eigenvalue weighted by Crippen LogP contribution is -2.43. The highest BCUT2D eigenvalue weighted by molar-refractivity contribution is 9.09. The molecule has 3 rings (SSSR count). The fourth-order valence-corrected chi connectivity index (χ4v) is 4.53. The Hall–Kier alpha value is -0.830. The Labute approximate surface area is 136 Å². The van der Waals surface area contributed by atoms with Crippen LogP contribution in [0.4, 0.5) is 0 Å². The van der Waals surface area contributed by atoms with Crippen LogP contribution in [0.1, 0.15) is 49.1 Å². The van der Waals surface area contributed by atoms with Crippen LogP contribution in [0, 0.1) is 5.92 Å². The van der Waals surface area contributed by atoms with E-state index in [9.17, 15) is 4.79 Å². The van der Waals surface area contributed by atoms with E-state index in [4.69, 9.17) is 0 Å². The van der Waals surface area contributed by atoms with Crippen molar-refractivity contribution < 1.29 is 4.79 Å². The summed E-state index contributed by atoms with van der Waals surface area (Å²) in [6.45, 7) is 1.92. The van der Waals surface area contributed by atoms with Crippen LogP contribution in [0.2, 0.25) is 0 Å². The number of halogens is 1. The van der Waals surface area contributed by atoms with E-state index in [0.29, 0.717) is 11.8 Å². The number of rotatable bonds is 3. The summed E-state index contributed by atoms with van der Waals surface area (Å²) < 4.78 is 0. The van der Waals surface area contributed by atoms with E-state index in [-0.39, 0.29) is 5.92 Å². The Morgan fingerprint density at radius 3 is 2.95 bits per heavy atom. The Morgan fingerprint density at radius 2 is 2.10 bits per heavy atom. The number of benzene rings is 1. The third-order valence-electron chi connectivity index (χ3n) is 5.02. The summed E-state index contributed by atoms with van der Waals surface area (Å²) in [5, 5.41) is 1.05. The Balaban J connectivity index is 1.74. The van der Waals surface area contributed by atoms with Crippen molar-refractivity contribution in [3.63, 3.8) is 0 Å². The number of amides is 1. The molecule has 1 heterocycles. The van der Waals surface area contributed by atoms with Crippen LogP contribution in [-0.2, 0) is 11.2 Å². The summed E-state index contributed by atoms with van der Waals surface area (Å²) in [7, 11) is 0. The summed E-state index contributed by atoms with van der Waals surface area (Å²) in [6.07, 6.45) is 6.92. The Morgan fingerprint density at radius 1 is 1.24 bits per heavy atom. The summed E-state index contributed by atoms with van der Waals surface area (Å²) in [5.74, 6) is 1.17. The topological polar surface area (TPSA) is 20.3 Å². The third-order valence-corrected chi connectivity index (χ3v) is 5.47. The second-order valence-corrected chi connectivity index (χ2v) is 7.21. The quantitative estimate of drug-likeness (QED) is 0.751. The normalized spacial score (nSPS) is 25.5. The maximum atomic E-state index is 13.0. The van der Waals surface area contributed by atoms with Gasteiger partial charge in [0, 0.05) is 18.4 Å². The second-order valence-electron chi connectivity index (χ2n) is 6.41. The van der Waals surface area contributed by atoms with Gasteiger partial charge in [0.15, 0.2) is 0 Å². The van der Waals surface area contributed by atoms with Crippen molar-refractivity contribution in [3.05, 3.63) is 35.4 Å². The molecule has 114 valence electrons. The average molecular weight is 350 g/mol. The largest absolute Gasteiger partial charge is 0.342 e. The lowest BCUT2D eigenvalue weighted by Gasteiger charge is -2.36. The van der Waals surface area contributed by atoms with Gasteiger partial charge in [0.05, 0.1) is 5.92 Å². The van der Waals surface area contributed by atoms with E-state index >= 15 is 0 Å². The molecule has 2 unspecified atom stereocenters. The summed E-state index contributed by atoms with van der Waals surface area (Å²) in [5.41, 5.74) is 2.67. The number of likely N-dealkylation sites (tertiary alicyclic amines) is 1. The number of carbonyl (C=O) groups is 1. The van der Waals surface area contributed by atoms with Crippen molar-refractivity contribution in [1.82, 2.24) is 4.90 Å². The standard InChI is InChI=1S/C18H24BrNO/c19-11-10-14-5-4-12-20(13-14)18(21)17-9-3-7-15-6-1-2-8-16(15)17/h1-2,6,8,14,17H,3-5,7,9-13H2. The SMILES string of the molecule is O=C(C1CCCc2ccccc21)N1CCCC(CCBr)C1. The smallest absolute Gasteiger partial charge is 0.230 e. The van der Waals surface area contributed by atoms with Gasteiger partial charge in [-0.15, -0.1) is 0 Å². The highest BCUT2D eigenvalue weighted by Crippen LogP contribution is 2.34. The lowest BCUT2D eigenvalue weighted by molar-refractivity contribution is -0.135. The molecule has 1 saturated heterocycles. The molecule has 0 aromatic heterocycles. The predicted octanol–water partition coefficient (Wildman–Crippen LogP) is 4.13. The van der Waals surface area contributed by atoms with Crippen LogP contribution in [-0.4, -0.2) is 29.2 Å². The number of hydrogen-bond donors (Lipinski definition) is 0. The molecule has 3 heteroatoms. The highest BCUT2D eigenvalue weighted by Gasteiger charge is 2.32. The van der Waals surface area contributed by atoms with Gasteiger partial charge in [-0.1, -0.05) is 40.2 Å². The number of carbonyl (C=O) groups excluding carboxylic acids is 1. The van der Waals surface area contributed by atoms with Gasteiger partial charge in [-0.3, -0.25) is 4.79 Å². The zero-order valence-corrected chi connectivity index (χ0v) is 14.1. The number of hydrogen-bond acceptors (Lipinski definition) is 1. The molecule has 21 heavy (non-hydrogen) atoms. The first kappa shape index (κ1) is 15.1. The molecule has 1 amide bonds. The fourth-order valence-electron chi connectivity index (χ4n) is 3.89. The molecule has 0 bridgehead atoms. The van der Waals surface area contributed by atoms with Gasteiger partial charge >= 0.3 is 0 Å². The number of piperidine rings is 1. The van der Waals surface area contributed by atoms with E-state index < -0.39 is 0 Å². The van der Waals surface area contributed by atoms with E-state index in [1.165, 1.54) is 24.0 Å². The number of nitrogens with zero attached hydrogens (tertiary/aromatic N) is 1. The molecule has 1 aromatic rings. The molecule has 0 N–H and O–H groups in total. The molecule has 1 aliphatic carbocycles.